The fraction of sp³-hybridized carbons (Fsp3) is 0.432. The number of aliphatic imine (C=N–C) groups is 1. The van der Waals surface area contributed by atoms with Crippen LogP contribution in [-0.2, 0) is 20.9 Å². The number of carbonyl (C=O) groups is 1. The largest absolute Gasteiger partial charge is 0.464 e. The highest BCUT2D eigenvalue weighted by Gasteiger charge is 2.25. The Kier molecular flexibility index (Phi) is 11.6. The summed E-state index contributed by atoms with van der Waals surface area (Å²) in [4.78, 5) is 23.7. The van der Waals surface area contributed by atoms with Crippen molar-refractivity contribution >= 4 is 36.7 Å². The van der Waals surface area contributed by atoms with E-state index in [4.69, 9.17) is 18.9 Å². The molecule has 0 saturated heterocycles. The number of aromatic nitrogens is 2. The molecule has 0 unspecified atom stereocenters. The molecular formula is C37H47F2N5O5Si. The first-order valence-corrected chi connectivity index (χ1v) is 20.5. The van der Waals surface area contributed by atoms with E-state index in [-0.39, 0.29) is 35.5 Å². The van der Waals surface area contributed by atoms with Gasteiger partial charge in [0, 0.05) is 88.7 Å². The van der Waals surface area contributed by atoms with E-state index in [0.717, 1.165) is 30.2 Å². The zero-order valence-corrected chi connectivity index (χ0v) is 30.9. The normalized spacial score (nSPS) is 14.3. The zero-order valence-electron chi connectivity index (χ0n) is 29.9. The molecule has 13 heteroatoms. The molecule has 10 nitrogen and oxygen atoms in total. The molecule has 0 aliphatic carbocycles. The van der Waals surface area contributed by atoms with E-state index in [1.165, 1.54) is 6.20 Å². The van der Waals surface area contributed by atoms with Crippen molar-refractivity contribution in [3.63, 3.8) is 0 Å². The van der Waals surface area contributed by atoms with Crippen molar-refractivity contribution in [3.05, 3.63) is 72.1 Å². The van der Waals surface area contributed by atoms with Crippen molar-refractivity contribution in [1.82, 2.24) is 14.5 Å². The number of amidine groups is 1. The Balaban J connectivity index is 1.46. The minimum atomic E-state index is -1.31. The smallest absolute Gasteiger partial charge is 0.289 e. The summed E-state index contributed by atoms with van der Waals surface area (Å²) in [6, 6.07) is 12.3. The number of carbonyl (C=O) groups excluding carboxylic acids is 1. The monoisotopic (exact) mass is 707 g/mol. The predicted molar refractivity (Wildman–Crippen MR) is 195 cm³/mol. The fourth-order valence-electron chi connectivity index (χ4n) is 5.37. The highest BCUT2D eigenvalue weighted by atomic mass is 28.3. The van der Waals surface area contributed by atoms with Crippen LogP contribution in [-0.4, -0.2) is 81.5 Å². The number of halogens is 2. The van der Waals surface area contributed by atoms with Crippen molar-refractivity contribution < 1.29 is 32.5 Å². The number of nitrogens with one attached hydrogen (secondary N) is 1. The Bertz CT molecular complexity index is 1820. The Morgan fingerprint density at radius 1 is 1.10 bits per heavy atom. The van der Waals surface area contributed by atoms with Gasteiger partial charge in [0.1, 0.15) is 18.1 Å². The van der Waals surface area contributed by atoms with Crippen molar-refractivity contribution in [2.24, 2.45) is 10.4 Å². The molecule has 0 saturated carbocycles. The number of pyridine rings is 1. The average molecular weight is 708 g/mol. The molecule has 4 aromatic rings. The van der Waals surface area contributed by atoms with E-state index in [1.54, 1.807) is 37.3 Å². The van der Waals surface area contributed by atoms with E-state index in [9.17, 15) is 4.79 Å². The molecule has 1 amide bonds. The summed E-state index contributed by atoms with van der Waals surface area (Å²) in [6.07, 6.45) is 4.15. The minimum absolute atomic E-state index is 0.105. The number of amides is 1. The second-order valence-corrected chi connectivity index (χ2v) is 20.2. The molecule has 1 aliphatic heterocycles. The van der Waals surface area contributed by atoms with Gasteiger partial charge in [0.15, 0.2) is 17.4 Å². The van der Waals surface area contributed by atoms with Gasteiger partial charge in [0.05, 0.1) is 18.5 Å². The van der Waals surface area contributed by atoms with Crippen LogP contribution < -0.4 is 10.1 Å². The lowest BCUT2D eigenvalue weighted by Gasteiger charge is -2.28. The lowest BCUT2D eigenvalue weighted by atomic mass is 9.95. The Labute approximate surface area is 293 Å². The summed E-state index contributed by atoms with van der Waals surface area (Å²) < 4.78 is 55.7. The maximum atomic E-state index is 15.5. The molecule has 2 aromatic heterocycles. The molecule has 5 rings (SSSR count). The van der Waals surface area contributed by atoms with Crippen LogP contribution in [0.25, 0.3) is 22.2 Å². The van der Waals surface area contributed by atoms with Crippen molar-refractivity contribution in [3.8, 4) is 22.6 Å². The number of methoxy groups -OCH3 is 1. The number of ether oxygens (including phenoxy) is 4. The lowest BCUT2D eigenvalue weighted by molar-refractivity contribution is 0.0779. The van der Waals surface area contributed by atoms with Crippen LogP contribution in [0.3, 0.4) is 0 Å². The average Bonchev–Trinajstić information content (AvgIpc) is 3.44. The molecule has 3 heterocycles. The SMILES string of the molecule is COCCCN(C)C(=O)c1ccc(-c2cn(COCC[Si](C)(C)C)c3nccc(Oc4c(F)cc(NC5=NCC(C)(C)CO5)cc4F)c23)cc1. The summed E-state index contributed by atoms with van der Waals surface area (Å²) in [5.74, 6) is -2.25. The molecular weight excluding hydrogens is 661 g/mol. The van der Waals surface area contributed by atoms with Gasteiger partial charge in [0.2, 0.25) is 0 Å². The van der Waals surface area contributed by atoms with Gasteiger partial charge in [-0.05, 0) is 36.2 Å². The van der Waals surface area contributed by atoms with E-state index in [2.05, 4.69) is 34.9 Å². The van der Waals surface area contributed by atoms with Gasteiger partial charge >= 0.3 is 0 Å². The summed E-state index contributed by atoms with van der Waals surface area (Å²) in [7, 11) is 2.08. The molecule has 1 N–H and O–H groups in total. The third-order valence-corrected chi connectivity index (χ3v) is 9.99. The maximum Gasteiger partial charge on any atom is 0.289 e. The number of nitrogens with zero attached hydrogens (tertiary/aromatic N) is 4. The maximum absolute atomic E-state index is 15.5. The number of rotatable bonds is 14. The van der Waals surface area contributed by atoms with E-state index in [0.29, 0.717) is 55.1 Å². The number of fused-ring (bicyclic) bond motifs is 1. The Hall–Kier alpha value is -4.33. The summed E-state index contributed by atoms with van der Waals surface area (Å²) in [6.45, 7) is 13.8. The third kappa shape index (κ3) is 9.26. The van der Waals surface area contributed by atoms with Gasteiger partial charge in [-0.25, -0.2) is 18.8 Å². The third-order valence-electron chi connectivity index (χ3n) is 8.29. The predicted octanol–water partition coefficient (Wildman–Crippen LogP) is 8.02. The molecule has 268 valence electrons. The lowest BCUT2D eigenvalue weighted by Crippen LogP contribution is -2.33. The van der Waals surface area contributed by atoms with Crippen LogP contribution >= 0.6 is 0 Å². The first-order chi connectivity index (χ1) is 23.7. The highest BCUT2D eigenvalue weighted by Crippen LogP contribution is 2.40. The van der Waals surface area contributed by atoms with E-state index in [1.807, 2.05) is 36.7 Å². The molecule has 0 spiro atoms. The number of benzene rings is 2. The molecule has 0 atom stereocenters. The number of hydrogen-bond donors (Lipinski definition) is 1. The highest BCUT2D eigenvalue weighted by molar-refractivity contribution is 6.76. The molecule has 2 aromatic carbocycles. The van der Waals surface area contributed by atoms with Crippen LogP contribution in [0.2, 0.25) is 25.7 Å². The first kappa shape index (κ1) is 36.9. The van der Waals surface area contributed by atoms with Crippen LogP contribution in [0.1, 0.15) is 30.6 Å². The summed E-state index contributed by atoms with van der Waals surface area (Å²) in [5.41, 5.74) is 2.56. The van der Waals surface area contributed by atoms with E-state index >= 15 is 8.78 Å². The molecule has 0 bridgehead atoms. The van der Waals surface area contributed by atoms with Crippen molar-refractivity contribution in [2.45, 2.75) is 52.7 Å². The van der Waals surface area contributed by atoms with Gasteiger partial charge in [-0.2, -0.15) is 0 Å². The van der Waals surface area contributed by atoms with Crippen LogP contribution in [0, 0.1) is 17.0 Å². The quantitative estimate of drug-likeness (QED) is 0.105. The van der Waals surface area contributed by atoms with Gasteiger partial charge in [-0.1, -0.05) is 45.6 Å². The standard InChI is InChI=1S/C37H47F2N5O5Si/c1-37(2)22-41-36(48-23-37)42-27-19-29(38)33(30(39)20-27)49-31-13-14-40-34-32(31)28(21-44(34)24-47-17-18-50(5,6)7)25-9-11-26(12-10-25)35(45)43(3)15-8-16-46-4/h9-14,19-21H,8,15-18,22-24H2,1-7H3,(H,41,42). The minimum Gasteiger partial charge on any atom is -0.464 e. The van der Waals surface area contributed by atoms with Crippen LogP contribution in [0.15, 0.2) is 59.9 Å². The van der Waals surface area contributed by atoms with Crippen LogP contribution in [0.4, 0.5) is 14.5 Å². The summed E-state index contributed by atoms with van der Waals surface area (Å²) >= 11 is 0. The first-order valence-electron chi connectivity index (χ1n) is 16.8. The van der Waals surface area contributed by atoms with Crippen molar-refractivity contribution in [2.75, 3.05) is 52.4 Å². The van der Waals surface area contributed by atoms with Crippen molar-refractivity contribution in [1.29, 1.82) is 0 Å². The van der Waals surface area contributed by atoms with E-state index < -0.39 is 25.5 Å². The second-order valence-electron chi connectivity index (χ2n) is 14.6. The van der Waals surface area contributed by atoms with Gasteiger partial charge in [0.25, 0.3) is 11.9 Å². The Morgan fingerprint density at radius 2 is 1.82 bits per heavy atom. The van der Waals surface area contributed by atoms with Gasteiger partial charge < -0.3 is 33.7 Å². The molecule has 0 radical (unpaired) electrons. The fourth-order valence-corrected chi connectivity index (χ4v) is 6.13. The molecule has 1 aliphatic rings. The van der Waals surface area contributed by atoms with Crippen LogP contribution in [0.5, 0.6) is 11.5 Å². The van der Waals surface area contributed by atoms with Gasteiger partial charge in [-0.3, -0.25) is 4.79 Å². The van der Waals surface area contributed by atoms with Gasteiger partial charge in [-0.15, -0.1) is 0 Å². The molecule has 0 fully saturated rings. The zero-order chi connectivity index (χ0) is 36.1. The molecule has 50 heavy (non-hydrogen) atoms. The summed E-state index contributed by atoms with van der Waals surface area (Å²) in [5, 5.41) is 3.40. The Morgan fingerprint density at radius 3 is 2.46 bits per heavy atom. The number of hydrogen-bond acceptors (Lipinski definition) is 8. The number of anilines is 1. The topological polar surface area (TPSA) is 99.4 Å². The second kappa shape index (κ2) is 15.7.